The highest BCUT2D eigenvalue weighted by atomic mass is 35.5. The van der Waals surface area contributed by atoms with Crippen LogP contribution in [0.3, 0.4) is 0 Å². The number of anilines is 1. The number of nitrogens with zero attached hydrogens (tertiary/aromatic N) is 1. The molecule has 0 fully saturated rings. The number of halogens is 1. The first-order chi connectivity index (χ1) is 6.67. The summed E-state index contributed by atoms with van der Waals surface area (Å²) < 4.78 is 0. The van der Waals surface area contributed by atoms with Crippen LogP contribution >= 0.6 is 24.2 Å². The van der Waals surface area contributed by atoms with Gasteiger partial charge in [-0.3, -0.25) is 4.79 Å². The maximum atomic E-state index is 11.0. The van der Waals surface area contributed by atoms with Crippen molar-refractivity contribution >= 4 is 35.8 Å². The minimum absolute atomic E-state index is 0.0936. The van der Waals surface area contributed by atoms with Crippen molar-refractivity contribution < 1.29 is 4.79 Å². The number of nitriles is 1. The van der Waals surface area contributed by atoms with Gasteiger partial charge in [0.2, 0.25) is 5.91 Å². The van der Waals surface area contributed by atoms with E-state index in [0.29, 0.717) is 16.3 Å². The fraction of sp³-hybridized carbons (Fsp3) is 0.111. The van der Waals surface area contributed by atoms with E-state index in [1.165, 1.54) is 6.07 Å². The number of nitrogens with one attached hydrogen (secondary N) is 1. The molecule has 1 aromatic rings. The number of benzene rings is 1. The molecule has 72 valence electrons. The summed E-state index contributed by atoms with van der Waals surface area (Å²) in [6.45, 7) is 0. The molecule has 0 atom stereocenters. The highest BCUT2D eigenvalue weighted by Crippen LogP contribution is 2.22. The number of carbonyl (C=O) groups is 1. The van der Waals surface area contributed by atoms with Crippen LogP contribution in [0, 0.1) is 11.3 Å². The van der Waals surface area contributed by atoms with Crippen LogP contribution in [0.5, 0.6) is 0 Å². The first-order valence-electron chi connectivity index (χ1n) is 3.77. The van der Waals surface area contributed by atoms with Crippen molar-refractivity contribution in [2.24, 2.45) is 0 Å². The van der Waals surface area contributed by atoms with Crippen molar-refractivity contribution in [2.45, 2.75) is 0 Å². The number of thiol groups is 1. The molecular formula is C9H7ClN2OS. The molecule has 1 amide bonds. The maximum absolute atomic E-state index is 11.0. The van der Waals surface area contributed by atoms with Gasteiger partial charge in [0.15, 0.2) is 0 Å². The van der Waals surface area contributed by atoms with Crippen LogP contribution in [0.2, 0.25) is 5.02 Å². The van der Waals surface area contributed by atoms with E-state index in [9.17, 15) is 4.79 Å². The quantitative estimate of drug-likeness (QED) is 0.759. The summed E-state index contributed by atoms with van der Waals surface area (Å²) in [4.78, 5) is 11.0. The summed E-state index contributed by atoms with van der Waals surface area (Å²) in [6, 6.07) is 6.61. The van der Waals surface area contributed by atoms with Crippen molar-refractivity contribution in [3.05, 3.63) is 28.8 Å². The van der Waals surface area contributed by atoms with Gasteiger partial charge < -0.3 is 5.32 Å². The molecule has 1 N–H and O–H groups in total. The molecule has 3 nitrogen and oxygen atoms in total. The van der Waals surface area contributed by atoms with E-state index < -0.39 is 0 Å². The second-order valence-corrected chi connectivity index (χ2v) is 3.24. The van der Waals surface area contributed by atoms with E-state index in [2.05, 4.69) is 17.9 Å². The van der Waals surface area contributed by atoms with Crippen LogP contribution in [0.25, 0.3) is 0 Å². The molecule has 0 aromatic heterocycles. The molecule has 0 unspecified atom stereocenters. The Hall–Kier alpha value is -1.18. The standard InChI is InChI=1S/C9H7ClN2OS/c10-7-3-6(4-11)1-2-8(7)12-9(13)5-14/h1-3,14H,5H2,(H,12,13). The fourth-order valence-electron chi connectivity index (χ4n) is 0.876. The van der Waals surface area contributed by atoms with Gasteiger partial charge in [-0.1, -0.05) is 11.6 Å². The number of hydrogen-bond donors (Lipinski definition) is 2. The Morgan fingerprint density at radius 3 is 2.86 bits per heavy atom. The number of rotatable bonds is 2. The summed E-state index contributed by atoms with van der Waals surface area (Å²) in [5.74, 6) is -0.143. The molecule has 0 heterocycles. The Morgan fingerprint density at radius 1 is 1.64 bits per heavy atom. The summed E-state index contributed by atoms with van der Waals surface area (Å²) in [6.07, 6.45) is 0. The molecule has 0 spiro atoms. The zero-order valence-electron chi connectivity index (χ0n) is 7.12. The lowest BCUT2D eigenvalue weighted by Gasteiger charge is -2.05. The lowest BCUT2D eigenvalue weighted by Crippen LogP contribution is -2.12. The van der Waals surface area contributed by atoms with Crippen LogP contribution in [-0.4, -0.2) is 11.7 Å². The number of amides is 1. The van der Waals surface area contributed by atoms with Gasteiger partial charge >= 0.3 is 0 Å². The molecule has 14 heavy (non-hydrogen) atoms. The fourth-order valence-corrected chi connectivity index (χ4v) is 1.18. The van der Waals surface area contributed by atoms with E-state index in [4.69, 9.17) is 16.9 Å². The van der Waals surface area contributed by atoms with Gasteiger partial charge in [0.25, 0.3) is 0 Å². The Bertz CT molecular complexity index is 400. The van der Waals surface area contributed by atoms with Crippen molar-refractivity contribution in [1.29, 1.82) is 5.26 Å². The molecule has 1 aromatic carbocycles. The van der Waals surface area contributed by atoms with Gasteiger partial charge in [0, 0.05) is 0 Å². The Labute approximate surface area is 92.1 Å². The third kappa shape index (κ3) is 2.66. The topological polar surface area (TPSA) is 52.9 Å². The van der Waals surface area contributed by atoms with E-state index >= 15 is 0 Å². The molecule has 0 aliphatic heterocycles. The highest BCUT2D eigenvalue weighted by molar-refractivity contribution is 7.81. The first kappa shape index (κ1) is 10.9. The van der Waals surface area contributed by atoms with Crippen molar-refractivity contribution in [2.75, 3.05) is 11.1 Å². The third-order valence-corrected chi connectivity index (χ3v) is 2.12. The van der Waals surface area contributed by atoms with Crippen LogP contribution in [0.4, 0.5) is 5.69 Å². The highest BCUT2D eigenvalue weighted by Gasteiger charge is 2.04. The summed E-state index contributed by atoms with van der Waals surface area (Å²) >= 11 is 9.63. The van der Waals surface area contributed by atoms with Gasteiger partial charge in [0.05, 0.1) is 28.1 Å². The molecule has 0 saturated carbocycles. The predicted molar refractivity (Wildman–Crippen MR) is 58.6 cm³/mol. The average molecular weight is 227 g/mol. The van der Waals surface area contributed by atoms with E-state index in [-0.39, 0.29) is 11.7 Å². The molecule has 0 aliphatic carbocycles. The molecule has 0 radical (unpaired) electrons. The molecule has 0 saturated heterocycles. The average Bonchev–Trinajstić information content (AvgIpc) is 2.20. The monoisotopic (exact) mass is 226 g/mol. The van der Waals surface area contributed by atoms with Crippen LogP contribution in [0.1, 0.15) is 5.56 Å². The van der Waals surface area contributed by atoms with Crippen molar-refractivity contribution in [3.63, 3.8) is 0 Å². The number of carbonyl (C=O) groups excluding carboxylic acids is 1. The lowest BCUT2D eigenvalue weighted by atomic mass is 10.2. The zero-order valence-corrected chi connectivity index (χ0v) is 8.77. The molecule has 0 aliphatic rings. The maximum Gasteiger partial charge on any atom is 0.234 e. The van der Waals surface area contributed by atoms with Crippen LogP contribution in [0.15, 0.2) is 18.2 Å². The summed E-state index contributed by atoms with van der Waals surface area (Å²) in [7, 11) is 0. The Kier molecular flexibility index (Phi) is 3.81. The SMILES string of the molecule is N#Cc1ccc(NC(=O)CS)c(Cl)c1. The van der Waals surface area contributed by atoms with Gasteiger partial charge in [-0.25, -0.2) is 0 Å². The van der Waals surface area contributed by atoms with Crippen LogP contribution < -0.4 is 5.32 Å². The summed E-state index contributed by atoms with van der Waals surface area (Å²) in [5, 5.41) is 11.5. The Balaban J connectivity index is 2.90. The van der Waals surface area contributed by atoms with E-state index in [0.717, 1.165) is 0 Å². The first-order valence-corrected chi connectivity index (χ1v) is 4.78. The minimum atomic E-state index is -0.236. The third-order valence-electron chi connectivity index (χ3n) is 1.52. The summed E-state index contributed by atoms with van der Waals surface area (Å²) in [5.41, 5.74) is 0.948. The normalized spacial score (nSPS) is 9.21. The predicted octanol–water partition coefficient (Wildman–Crippen LogP) is 2.08. The minimum Gasteiger partial charge on any atom is -0.324 e. The Morgan fingerprint density at radius 2 is 2.36 bits per heavy atom. The van der Waals surface area contributed by atoms with Crippen molar-refractivity contribution in [1.82, 2.24) is 0 Å². The molecular weight excluding hydrogens is 220 g/mol. The zero-order chi connectivity index (χ0) is 10.6. The van der Waals surface area contributed by atoms with Crippen molar-refractivity contribution in [3.8, 4) is 6.07 Å². The smallest absolute Gasteiger partial charge is 0.234 e. The number of hydrogen-bond acceptors (Lipinski definition) is 3. The molecule has 0 bridgehead atoms. The van der Waals surface area contributed by atoms with Gasteiger partial charge in [0.1, 0.15) is 0 Å². The van der Waals surface area contributed by atoms with E-state index in [1.807, 2.05) is 6.07 Å². The second-order valence-electron chi connectivity index (χ2n) is 2.51. The van der Waals surface area contributed by atoms with Gasteiger partial charge in [-0.15, -0.1) is 0 Å². The molecule has 5 heteroatoms. The lowest BCUT2D eigenvalue weighted by molar-refractivity contribution is -0.113. The largest absolute Gasteiger partial charge is 0.324 e. The van der Waals surface area contributed by atoms with Crippen LogP contribution in [-0.2, 0) is 4.79 Å². The second kappa shape index (κ2) is 4.89. The van der Waals surface area contributed by atoms with Gasteiger partial charge in [-0.2, -0.15) is 17.9 Å². The van der Waals surface area contributed by atoms with Gasteiger partial charge in [-0.05, 0) is 18.2 Å². The molecule has 1 rings (SSSR count). The van der Waals surface area contributed by atoms with E-state index in [1.54, 1.807) is 12.1 Å².